The van der Waals surface area contributed by atoms with Gasteiger partial charge in [0, 0.05) is 34.9 Å². The molecule has 1 saturated heterocycles. The van der Waals surface area contributed by atoms with Crippen molar-refractivity contribution in [2.75, 3.05) is 23.3 Å². The van der Waals surface area contributed by atoms with Gasteiger partial charge in [0.25, 0.3) is 5.91 Å². The summed E-state index contributed by atoms with van der Waals surface area (Å²) >= 11 is 5.85. The van der Waals surface area contributed by atoms with E-state index < -0.39 is 0 Å². The smallest absolute Gasteiger partial charge is 0.255 e. The van der Waals surface area contributed by atoms with Gasteiger partial charge in [0.05, 0.1) is 5.69 Å². The SMILES string of the molecule is O=C(Nc1ccc(-c2ccc(N3CCCC3)nn2)cc1)c1ccc(Cl)cc1. The van der Waals surface area contributed by atoms with E-state index in [4.69, 9.17) is 11.6 Å². The maximum Gasteiger partial charge on any atom is 0.255 e. The van der Waals surface area contributed by atoms with E-state index in [-0.39, 0.29) is 5.91 Å². The van der Waals surface area contributed by atoms with Crippen LogP contribution in [0.15, 0.2) is 60.7 Å². The molecule has 1 amide bonds. The first-order valence-corrected chi connectivity index (χ1v) is 9.33. The van der Waals surface area contributed by atoms with Crippen molar-refractivity contribution in [3.05, 3.63) is 71.2 Å². The molecule has 1 fully saturated rings. The number of nitrogens with one attached hydrogen (secondary N) is 1. The van der Waals surface area contributed by atoms with Crippen molar-refractivity contribution in [1.29, 1.82) is 0 Å². The molecule has 0 aliphatic carbocycles. The summed E-state index contributed by atoms with van der Waals surface area (Å²) in [5.41, 5.74) is 3.06. The molecule has 1 aliphatic heterocycles. The van der Waals surface area contributed by atoms with Crippen LogP contribution < -0.4 is 10.2 Å². The monoisotopic (exact) mass is 378 g/mol. The Morgan fingerprint density at radius 3 is 2.22 bits per heavy atom. The van der Waals surface area contributed by atoms with E-state index in [1.807, 2.05) is 36.4 Å². The van der Waals surface area contributed by atoms with Gasteiger partial charge in [0.1, 0.15) is 0 Å². The van der Waals surface area contributed by atoms with Crippen LogP contribution in [0.2, 0.25) is 5.02 Å². The summed E-state index contributed by atoms with van der Waals surface area (Å²) in [5.74, 6) is 0.761. The maximum atomic E-state index is 12.3. The van der Waals surface area contributed by atoms with Gasteiger partial charge in [-0.2, -0.15) is 0 Å². The van der Waals surface area contributed by atoms with Gasteiger partial charge in [0.2, 0.25) is 0 Å². The summed E-state index contributed by atoms with van der Waals surface area (Å²) in [5, 5.41) is 12.2. The summed E-state index contributed by atoms with van der Waals surface area (Å²) in [7, 11) is 0. The van der Waals surface area contributed by atoms with Crippen LogP contribution in [0.25, 0.3) is 11.3 Å². The number of amides is 1. The van der Waals surface area contributed by atoms with Crippen molar-refractivity contribution >= 4 is 29.0 Å². The second-order valence-electron chi connectivity index (χ2n) is 6.51. The molecule has 0 radical (unpaired) electrons. The molecule has 4 rings (SSSR count). The Morgan fingerprint density at radius 2 is 1.59 bits per heavy atom. The summed E-state index contributed by atoms with van der Waals surface area (Å²) in [6.45, 7) is 2.10. The van der Waals surface area contributed by atoms with E-state index >= 15 is 0 Å². The Morgan fingerprint density at radius 1 is 0.889 bits per heavy atom. The number of anilines is 2. The molecule has 1 aliphatic rings. The molecule has 27 heavy (non-hydrogen) atoms. The fourth-order valence-electron chi connectivity index (χ4n) is 3.12. The number of halogens is 1. The number of hydrogen-bond donors (Lipinski definition) is 1. The molecule has 0 atom stereocenters. The summed E-state index contributed by atoms with van der Waals surface area (Å²) in [4.78, 5) is 14.5. The number of carbonyl (C=O) groups excluding carboxylic acids is 1. The second kappa shape index (κ2) is 7.76. The van der Waals surface area contributed by atoms with Crippen LogP contribution >= 0.6 is 11.6 Å². The summed E-state index contributed by atoms with van der Waals surface area (Å²) in [6, 6.07) is 18.4. The van der Waals surface area contributed by atoms with Crippen LogP contribution in [0.4, 0.5) is 11.5 Å². The van der Waals surface area contributed by atoms with E-state index in [0.29, 0.717) is 10.6 Å². The highest BCUT2D eigenvalue weighted by Crippen LogP contribution is 2.22. The van der Waals surface area contributed by atoms with Crippen molar-refractivity contribution in [2.45, 2.75) is 12.8 Å². The van der Waals surface area contributed by atoms with Crippen LogP contribution in [-0.2, 0) is 0 Å². The molecule has 3 aromatic rings. The predicted octanol–water partition coefficient (Wildman–Crippen LogP) is 4.65. The van der Waals surface area contributed by atoms with Gasteiger partial charge >= 0.3 is 0 Å². The van der Waals surface area contributed by atoms with Crippen LogP contribution in [-0.4, -0.2) is 29.2 Å². The van der Waals surface area contributed by atoms with Crippen LogP contribution in [0.1, 0.15) is 23.2 Å². The molecule has 0 saturated carbocycles. The summed E-state index contributed by atoms with van der Waals surface area (Å²) < 4.78 is 0. The minimum Gasteiger partial charge on any atom is -0.355 e. The number of carbonyl (C=O) groups is 1. The average molecular weight is 379 g/mol. The largest absolute Gasteiger partial charge is 0.355 e. The fraction of sp³-hybridized carbons (Fsp3) is 0.190. The van der Waals surface area contributed by atoms with Gasteiger partial charge in [-0.1, -0.05) is 23.7 Å². The normalized spacial score (nSPS) is 13.6. The fourth-order valence-corrected chi connectivity index (χ4v) is 3.25. The molecule has 136 valence electrons. The molecule has 2 aromatic carbocycles. The number of aromatic nitrogens is 2. The zero-order chi connectivity index (χ0) is 18.6. The lowest BCUT2D eigenvalue weighted by molar-refractivity contribution is 0.102. The third-order valence-corrected chi connectivity index (χ3v) is 4.88. The molecule has 1 aromatic heterocycles. The highest BCUT2D eigenvalue weighted by atomic mass is 35.5. The Balaban J connectivity index is 1.44. The maximum absolute atomic E-state index is 12.3. The Labute approximate surface area is 163 Å². The minimum atomic E-state index is -0.172. The first-order chi connectivity index (χ1) is 13.2. The van der Waals surface area contributed by atoms with Gasteiger partial charge in [0.15, 0.2) is 5.82 Å². The number of rotatable bonds is 4. The Bertz CT molecular complexity index is 918. The zero-order valence-corrected chi connectivity index (χ0v) is 15.5. The number of nitrogens with zero attached hydrogens (tertiary/aromatic N) is 3. The van der Waals surface area contributed by atoms with Gasteiger partial charge in [-0.05, 0) is 61.4 Å². The first kappa shape index (κ1) is 17.5. The summed E-state index contributed by atoms with van der Waals surface area (Å²) in [6.07, 6.45) is 2.43. The minimum absolute atomic E-state index is 0.172. The molecular weight excluding hydrogens is 360 g/mol. The molecular formula is C21H19ClN4O. The van der Waals surface area contributed by atoms with Crippen molar-refractivity contribution in [3.63, 3.8) is 0 Å². The van der Waals surface area contributed by atoms with E-state index in [0.717, 1.165) is 35.9 Å². The van der Waals surface area contributed by atoms with E-state index in [1.165, 1.54) is 12.8 Å². The van der Waals surface area contributed by atoms with Gasteiger partial charge in [-0.15, -0.1) is 10.2 Å². The van der Waals surface area contributed by atoms with Gasteiger partial charge in [-0.3, -0.25) is 4.79 Å². The lowest BCUT2D eigenvalue weighted by Gasteiger charge is -2.15. The molecule has 0 spiro atoms. The lowest BCUT2D eigenvalue weighted by Crippen LogP contribution is -2.19. The van der Waals surface area contributed by atoms with E-state index in [1.54, 1.807) is 24.3 Å². The molecule has 1 N–H and O–H groups in total. The second-order valence-corrected chi connectivity index (χ2v) is 6.95. The standard InChI is InChI=1S/C21H19ClN4O/c22-17-7-3-16(4-8-17)21(27)23-18-9-5-15(6-10-18)19-11-12-20(25-24-19)26-13-1-2-14-26/h3-12H,1-2,13-14H2,(H,23,27). The van der Waals surface area contributed by atoms with Crippen LogP contribution in [0.3, 0.4) is 0 Å². The van der Waals surface area contributed by atoms with E-state index in [2.05, 4.69) is 20.4 Å². The van der Waals surface area contributed by atoms with Crippen LogP contribution in [0, 0.1) is 0 Å². The molecule has 2 heterocycles. The quantitative estimate of drug-likeness (QED) is 0.718. The van der Waals surface area contributed by atoms with Gasteiger partial charge < -0.3 is 10.2 Å². The van der Waals surface area contributed by atoms with Crippen molar-refractivity contribution in [3.8, 4) is 11.3 Å². The lowest BCUT2D eigenvalue weighted by atomic mass is 10.1. The number of hydrogen-bond acceptors (Lipinski definition) is 4. The highest BCUT2D eigenvalue weighted by molar-refractivity contribution is 6.30. The average Bonchev–Trinajstić information content (AvgIpc) is 3.24. The first-order valence-electron chi connectivity index (χ1n) is 8.95. The Kier molecular flexibility index (Phi) is 5.03. The molecule has 6 heteroatoms. The van der Waals surface area contributed by atoms with Gasteiger partial charge in [-0.25, -0.2) is 0 Å². The zero-order valence-electron chi connectivity index (χ0n) is 14.7. The van der Waals surface area contributed by atoms with Crippen molar-refractivity contribution < 1.29 is 4.79 Å². The Hall–Kier alpha value is -2.92. The van der Waals surface area contributed by atoms with Crippen molar-refractivity contribution in [1.82, 2.24) is 10.2 Å². The third kappa shape index (κ3) is 4.09. The molecule has 0 bridgehead atoms. The van der Waals surface area contributed by atoms with Crippen molar-refractivity contribution in [2.24, 2.45) is 0 Å². The van der Waals surface area contributed by atoms with Crippen LogP contribution in [0.5, 0.6) is 0 Å². The topological polar surface area (TPSA) is 58.1 Å². The third-order valence-electron chi connectivity index (χ3n) is 4.63. The molecule has 0 unspecified atom stereocenters. The molecule has 5 nitrogen and oxygen atoms in total. The predicted molar refractivity (Wildman–Crippen MR) is 108 cm³/mol. The van der Waals surface area contributed by atoms with E-state index in [9.17, 15) is 4.79 Å². The highest BCUT2D eigenvalue weighted by Gasteiger charge is 2.14. The number of benzene rings is 2.